The largest absolute Gasteiger partial charge is 0.204 e. The zero-order chi connectivity index (χ0) is 14.2. The minimum atomic E-state index is -0.880. The number of halogens is 4. The quantitative estimate of drug-likeness (QED) is 0.615. The first kappa shape index (κ1) is 14.5. The van der Waals surface area contributed by atoms with E-state index in [0.717, 1.165) is 33.3 Å². The molecule has 0 aliphatic heterocycles. The molecule has 4 heteroatoms. The van der Waals surface area contributed by atoms with Crippen LogP contribution in [0, 0.1) is 25.5 Å². The third-order valence-corrected chi connectivity index (χ3v) is 4.40. The zero-order valence-corrected chi connectivity index (χ0v) is 12.8. The van der Waals surface area contributed by atoms with Crippen molar-refractivity contribution in [3.63, 3.8) is 0 Å². The zero-order valence-electron chi connectivity index (χ0n) is 10.5. The summed E-state index contributed by atoms with van der Waals surface area (Å²) in [5.74, 6) is -1.74. The van der Waals surface area contributed by atoms with Crippen molar-refractivity contribution in [1.82, 2.24) is 0 Å². The summed E-state index contributed by atoms with van der Waals surface area (Å²) in [5.41, 5.74) is 3.50. The molecule has 19 heavy (non-hydrogen) atoms. The fourth-order valence-corrected chi connectivity index (χ4v) is 2.75. The molecule has 0 saturated heterocycles. The fraction of sp³-hybridized carbons (Fsp3) is 0.200. The standard InChI is InChI=1S/C15H12BrClF2/c1-8-6-12(16)9(2)5-11(8)15(17)10-3-4-13(18)14(19)7-10/h3-7,15H,1-2H3. The summed E-state index contributed by atoms with van der Waals surface area (Å²) < 4.78 is 27.2. The van der Waals surface area contributed by atoms with Gasteiger partial charge in [-0.3, -0.25) is 0 Å². The Morgan fingerprint density at radius 2 is 1.68 bits per heavy atom. The van der Waals surface area contributed by atoms with Crippen molar-refractivity contribution in [2.45, 2.75) is 19.2 Å². The van der Waals surface area contributed by atoms with E-state index in [1.54, 1.807) is 0 Å². The van der Waals surface area contributed by atoms with Gasteiger partial charge in [0, 0.05) is 4.47 Å². The third kappa shape index (κ3) is 2.98. The van der Waals surface area contributed by atoms with Crippen LogP contribution in [-0.2, 0) is 0 Å². The number of hydrogen-bond donors (Lipinski definition) is 0. The lowest BCUT2D eigenvalue weighted by atomic mass is 9.98. The Hall–Kier alpha value is -0.930. The molecule has 0 spiro atoms. The van der Waals surface area contributed by atoms with Crippen LogP contribution < -0.4 is 0 Å². The van der Waals surface area contributed by atoms with E-state index in [1.165, 1.54) is 6.07 Å². The highest BCUT2D eigenvalue weighted by Crippen LogP contribution is 2.34. The Kier molecular flexibility index (Phi) is 4.26. The van der Waals surface area contributed by atoms with Gasteiger partial charge in [0.1, 0.15) is 0 Å². The SMILES string of the molecule is Cc1cc(C(Cl)c2ccc(F)c(F)c2)c(C)cc1Br. The molecule has 0 N–H and O–H groups in total. The van der Waals surface area contributed by atoms with Gasteiger partial charge >= 0.3 is 0 Å². The molecule has 0 radical (unpaired) electrons. The molecule has 2 aromatic rings. The van der Waals surface area contributed by atoms with Crippen molar-refractivity contribution in [2.75, 3.05) is 0 Å². The van der Waals surface area contributed by atoms with E-state index in [-0.39, 0.29) is 0 Å². The molecule has 2 rings (SSSR count). The van der Waals surface area contributed by atoms with E-state index in [2.05, 4.69) is 15.9 Å². The first-order chi connectivity index (χ1) is 8.90. The monoisotopic (exact) mass is 344 g/mol. The van der Waals surface area contributed by atoms with Crippen molar-refractivity contribution in [3.05, 3.63) is 68.7 Å². The van der Waals surface area contributed by atoms with Crippen molar-refractivity contribution in [2.24, 2.45) is 0 Å². The van der Waals surface area contributed by atoms with Gasteiger partial charge in [-0.05, 0) is 54.3 Å². The Morgan fingerprint density at radius 1 is 1.00 bits per heavy atom. The molecule has 2 aromatic carbocycles. The third-order valence-electron chi connectivity index (χ3n) is 3.06. The van der Waals surface area contributed by atoms with Gasteiger partial charge in [0.2, 0.25) is 0 Å². The molecule has 1 unspecified atom stereocenters. The molecule has 0 aliphatic carbocycles. The molecular weight excluding hydrogens is 334 g/mol. The van der Waals surface area contributed by atoms with Gasteiger partial charge in [0.15, 0.2) is 11.6 Å². The number of alkyl halides is 1. The van der Waals surface area contributed by atoms with Gasteiger partial charge in [-0.15, -0.1) is 11.6 Å². The second-order valence-corrected chi connectivity index (χ2v) is 5.78. The van der Waals surface area contributed by atoms with E-state index < -0.39 is 17.0 Å². The second kappa shape index (κ2) is 5.59. The first-order valence-corrected chi connectivity index (χ1v) is 6.98. The Bertz CT molecular complexity index is 626. The van der Waals surface area contributed by atoms with Crippen LogP contribution in [-0.4, -0.2) is 0 Å². The van der Waals surface area contributed by atoms with Crippen LogP contribution in [0.2, 0.25) is 0 Å². The van der Waals surface area contributed by atoms with E-state index in [1.807, 2.05) is 26.0 Å². The molecule has 0 saturated carbocycles. The first-order valence-electron chi connectivity index (χ1n) is 5.76. The van der Waals surface area contributed by atoms with Gasteiger partial charge < -0.3 is 0 Å². The Morgan fingerprint density at radius 3 is 2.32 bits per heavy atom. The second-order valence-electron chi connectivity index (χ2n) is 4.49. The lowest BCUT2D eigenvalue weighted by Crippen LogP contribution is -1.99. The average Bonchev–Trinajstić information content (AvgIpc) is 2.36. The van der Waals surface area contributed by atoms with Crippen molar-refractivity contribution < 1.29 is 8.78 Å². The van der Waals surface area contributed by atoms with Gasteiger partial charge in [0.05, 0.1) is 5.38 Å². The highest BCUT2D eigenvalue weighted by Gasteiger charge is 2.16. The summed E-state index contributed by atoms with van der Waals surface area (Å²) in [6.45, 7) is 3.90. The molecule has 0 aromatic heterocycles. The van der Waals surface area contributed by atoms with Crippen LogP contribution in [0.4, 0.5) is 8.78 Å². The maximum absolute atomic E-state index is 13.3. The molecule has 0 amide bonds. The summed E-state index contributed by atoms with van der Waals surface area (Å²) in [5, 5.41) is -0.498. The normalized spacial score (nSPS) is 12.5. The highest BCUT2D eigenvalue weighted by molar-refractivity contribution is 9.10. The Balaban J connectivity index is 2.46. The van der Waals surface area contributed by atoms with Crippen LogP contribution in [0.5, 0.6) is 0 Å². The fourth-order valence-electron chi connectivity index (χ4n) is 1.93. The minimum Gasteiger partial charge on any atom is -0.204 e. The predicted octanol–water partition coefficient (Wildman–Crippen LogP) is 5.67. The molecule has 0 aliphatic rings. The Labute approximate surface area is 124 Å². The molecule has 1 atom stereocenters. The summed E-state index contributed by atoms with van der Waals surface area (Å²) in [6, 6.07) is 7.68. The van der Waals surface area contributed by atoms with Crippen LogP contribution in [0.1, 0.15) is 27.6 Å². The molecular formula is C15H12BrClF2. The lowest BCUT2D eigenvalue weighted by molar-refractivity contribution is 0.507. The van der Waals surface area contributed by atoms with Gasteiger partial charge in [-0.2, -0.15) is 0 Å². The van der Waals surface area contributed by atoms with Crippen LogP contribution >= 0.6 is 27.5 Å². The van der Waals surface area contributed by atoms with Crippen LogP contribution in [0.15, 0.2) is 34.8 Å². The van der Waals surface area contributed by atoms with Crippen molar-refractivity contribution in [1.29, 1.82) is 0 Å². The summed E-state index contributed by atoms with van der Waals surface area (Å²) in [4.78, 5) is 0. The summed E-state index contributed by atoms with van der Waals surface area (Å²) in [6.07, 6.45) is 0. The predicted molar refractivity (Wildman–Crippen MR) is 77.7 cm³/mol. The maximum Gasteiger partial charge on any atom is 0.159 e. The highest BCUT2D eigenvalue weighted by atomic mass is 79.9. The topological polar surface area (TPSA) is 0 Å². The van der Waals surface area contributed by atoms with Crippen LogP contribution in [0.3, 0.4) is 0 Å². The van der Waals surface area contributed by atoms with E-state index in [0.29, 0.717) is 5.56 Å². The van der Waals surface area contributed by atoms with Crippen molar-refractivity contribution in [3.8, 4) is 0 Å². The summed E-state index contributed by atoms with van der Waals surface area (Å²) in [7, 11) is 0. The molecule has 0 heterocycles. The van der Waals surface area contributed by atoms with E-state index >= 15 is 0 Å². The van der Waals surface area contributed by atoms with Crippen molar-refractivity contribution >= 4 is 27.5 Å². The van der Waals surface area contributed by atoms with Gasteiger partial charge in [0.25, 0.3) is 0 Å². The average molecular weight is 346 g/mol. The molecule has 0 nitrogen and oxygen atoms in total. The molecule has 0 bridgehead atoms. The smallest absolute Gasteiger partial charge is 0.159 e. The van der Waals surface area contributed by atoms with Gasteiger partial charge in [-0.1, -0.05) is 28.1 Å². The summed E-state index contributed by atoms with van der Waals surface area (Å²) >= 11 is 9.84. The molecule has 100 valence electrons. The number of hydrogen-bond acceptors (Lipinski definition) is 0. The molecule has 0 fully saturated rings. The van der Waals surface area contributed by atoms with Gasteiger partial charge in [-0.25, -0.2) is 8.78 Å². The maximum atomic E-state index is 13.3. The number of rotatable bonds is 2. The number of benzene rings is 2. The minimum absolute atomic E-state index is 0.498. The number of aryl methyl sites for hydroxylation is 2. The van der Waals surface area contributed by atoms with Crippen LogP contribution in [0.25, 0.3) is 0 Å². The van der Waals surface area contributed by atoms with E-state index in [4.69, 9.17) is 11.6 Å². The van der Waals surface area contributed by atoms with E-state index in [9.17, 15) is 8.78 Å². The lowest BCUT2D eigenvalue weighted by Gasteiger charge is -2.15.